The number of hydrogen-bond acceptors (Lipinski definition) is 1. The SMILES string of the molecule is c1ccc2cc3c(ccc4c5cccnc5n5cccc5c34)cc2c1. The van der Waals surface area contributed by atoms with Crippen LogP contribution >= 0.6 is 0 Å². The normalized spacial score (nSPS) is 12.0. The molecule has 0 fully saturated rings. The van der Waals surface area contributed by atoms with Crippen molar-refractivity contribution in [1.29, 1.82) is 0 Å². The molecule has 0 atom stereocenters. The van der Waals surface area contributed by atoms with Crippen LogP contribution in [0.1, 0.15) is 0 Å². The van der Waals surface area contributed by atoms with Crippen molar-refractivity contribution in [2.45, 2.75) is 0 Å². The highest BCUT2D eigenvalue weighted by Crippen LogP contribution is 2.36. The van der Waals surface area contributed by atoms with Crippen LogP contribution in [0.15, 0.2) is 85.2 Å². The molecule has 0 radical (unpaired) electrons. The Bertz CT molecular complexity index is 1440. The van der Waals surface area contributed by atoms with E-state index in [0.29, 0.717) is 0 Å². The molecular formula is C23H14N2. The molecule has 2 heteroatoms. The van der Waals surface area contributed by atoms with Gasteiger partial charge in [0.05, 0.1) is 5.52 Å². The first-order valence-corrected chi connectivity index (χ1v) is 8.49. The first kappa shape index (κ1) is 13.0. The fraction of sp³-hybridized carbons (Fsp3) is 0. The molecule has 0 aliphatic rings. The maximum absolute atomic E-state index is 4.62. The third-order valence-electron chi connectivity index (χ3n) is 5.20. The zero-order valence-electron chi connectivity index (χ0n) is 13.5. The molecule has 3 heterocycles. The second kappa shape index (κ2) is 4.58. The second-order valence-corrected chi connectivity index (χ2v) is 6.55. The summed E-state index contributed by atoms with van der Waals surface area (Å²) >= 11 is 0. The zero-order valence-corrected chi connectivity index (χ0v) is 13.5. The predicted molar refractivity (Wildman–Crippen MR) is 105 cm³/mol. The molecule has 25 heavy (non-hydrogen) atoms. The van der Waals surface area contributed by atoms with E-state index in [4.69, 9.17) is 0 Å². The number of fused-ring (bicyclic) bond motifs is 9. The number of benzene rings is 3. The Morgan fingerprint density at radius 1 is 0.640 bits per heavy atom. The standard InChI is InChI=1S/C23H14N2/c1-2-6-16-14-20-17(13-15(16)5-1)9-10-18-19-7-3-11-24-23(19)25-12-4-8-21(25)22(18)20/h1-14H. The molecule has 6 rings (SSSR count). The highest BCUT2D eigenvalue weighted by Gasteiger charge is 2.12. The Kier molecular flexibility index (Phi) is 2.37. The van der Waals surface area contributed by atoms with Crippen LogP contribution in [0.3, 0.4) is 0 Å². The van der Waals surface area contributed by atoms with E-state index >= 15 is 0 Å². The van der Waals surface area contributed by atoms with Crippen molar-refractivity contribution < 1.29 is 0 Å². The molecule has 3 aromatic carbocycles. The van der Waals surface area contributed by atoms with E-state index in [9.17, 15) is 0 Å². The molecule has 116 valence electrons. The lowest BCUT2D eigenvalue weighted by molar-refractivity contribution is 1.21. The van der Waals surface area contributed by atoms with Crippen LogP contribution in [0.4, 0.5) is 0 Å². The van der Waals surface area contributed by atoms with E-state index < -0.39 is 0 Å². The Labute approximate surface area is 143 Å². The zero-order chi connectivity index (χ0) is 16.4. The summed E-state index contributed by atoms with van der Waals surface area (Å²) in [7, 11) is 0. The Hall–Kier alpha value is -3.39. The maximum atomic E-state index is 4.62. The van der Waals surface area contributed by atoms with Gasteiger partial charge >= 0.3 is 0 Å². The third-order valence-corrected chi connectivity index (χ3v) is 5.20. The molecule has 0 bridgehead atoms. The molecule has 0 spiro atoms. The third kappa shape index (κ3) is 1.66. The minimum Gasteiger partial charge on any atom is -0.301 e. The lowest BCUT2D eigenvalue weighted by Gasteiger charge is -2.12. The van der Waals surface area contributed by atoms with Crippen molar-refractivity contribution in [3.8, 4) is 0 Å². The number of aromatic nitrogens is 2. The number of pyridine rings is 2. The fourth-order valence-electron chi connectivity index (χ4n) is 4.08. The summed E-state index contributed by atoms with van der Waals surface area (Å²) in [5, 5.41) is 8.88. The van der Waals surface area contributed by atoms with E-state index in [1.54, 1.807) is 0 Å². The van der Waals surface area contributed by atoms with Crippen LogP contribution in [-0.2, 0) is 0 Å². The summed E-state index contributed by atoms with van der Waals surface area (Å²) in [6, 6.07) is 26.1. The summed E-state index contributed by atoms with van der Waals surface area (Å²) in [6.07, 6.45) is 3.96. The van der Waals surface area contributed by atoms with Crippen LogP contribution in [0, 0.1) is 0 Å². The van der Waals surface area contributed by atoms with E-state index in [-0.39, 0.29) is 0 Å². The van der Waals surface area contributed by atoms with Crippen molar-refractivity contribution in [3.05, 3.63) is 85.2 Å². The molecule has 0 saturated carbocycles. The number of nitrogens with zero attached hydrogens (tertiary/aromatic N) is 2. The van der Waals surface area contributed by atoms with Gasteiger partial charge in [-0.3, -0.25) is 0 Å². The molecule has 0 N–H and O–H groups in total. The van der Waals surface area contributed by atoms with Crippen LogP contribution < -0.4 is 0 Å². The first-order chi connectivity index (χ1) is 12.4. The van der Waals surface area contributed by atoms with Gasteiger partial charge in [0, 0.05) is 23.2 Å². The summed E-state index contributed by atoms with van der Waals surface area (Å²) in [5.41, 5.74) is 2.22. The minimum atomic E-state index is 1.01. The molecular weight excluding hydrogens is 304 g/mol. The summed E-state index contributed by atoms with van der Waals surface area (Å²) in [5.74, 6) is 0. The molecule has 6 aromatic rings. The van der Waals surface area contributed by atoms with Gasteiger partial charge in [0.2, 0.25) is 0 Å². The van der Waals surface area contributed by atoms with Gasteiger partial charge in [0.25, 0.3) is 0 Å². The van der Waals surface area contributed by atoms with Gasteiger partial charge < -0.3 is 4.40 Å². The number of hydrogen-bond donors (Lipinski definition) is 0. The molecule has 0 saturated heterocycles. The summed E-state index contributed by atoms with van der Waals surface area (Å²) < 4.78 is 2.20. The topological polar surface area (TPSA) is 17.3 Å². The Balaban J connectivity index is 1.97. The molecule has 0 amide bonds. The van der Waals surface area contributed by atoms with E-state index in [1.807, 2.05) is 12.3 Å². The van der Waals surface area contributed by atoms with Gasteiger partial charge in [0.1, 0.15) is 5.65 Å². The highest BCUT2D eigenvalue weighted by molar-refractivity contribution is 6.23. The summed E-state index contributed by atoms with van der Waals surface area (Å²) in [4.78, 5) is 4.62. The Morgan fingerprint density at radius 2 is 1.52 bits per heavy atom. The second-order valence-electron chi connectivity index (χ2n) is 6.55. The highest BCUT2D eigenvalue weighted by atomic mass is 15.0. The monoisotopic (exact) mass is 318 g/mol. The van der Waals surface area contributed by atoms with Crippen molar-refractivity contribution in [2.24, 2.45) is 0 Å². The maximum Gasteiger partial charge on any atom is 0.144 e. The van der Waals surface area contributed by atoms with E-state index in [2.05, 4.69) is 82.3 Å². The van der Waals surface area contributed by atoms with Crippen LogP contribution in [0.5, 0.6) is 0 Å². The first-order valence-electron chi connectivity index (χ1n) is 8.49. The van der Waals surface area contributed by atoms with Gasteiger partial charge in [-0.05, 0) is 63.3 Å². The van der Waals surface area contributed by atoms with Gasteiger partial charge in [0.15, 0.2) is 0 Å². The van der Waals surface area contributed by atoms with Crippen molar-refractivity contribution in [2.75, 3.05) is 0 Å². The van der Waals surface area contributed by atoms with Crippen LogP contribution in [0.2, 0.25) is 0 Å². The van der Waals surface area contributed by atoms with E-state index in [0.717, 1.165) is 5.65 Å². The summed E-state index contributed by atoms with van der Waals surface area (Å²) in [6.45, 7) is 0. The lowest BCUT2D eigenvalue weighted by Crippen LogP contribution is -1.92. The van der Waals surface area contributed by atoms with Crippen LogP contribution in [-0.4, -0.2) is 9.38 Å². The Morgan fingerprint density at radius 3 is 2.44 bits per heavy atom. The van der Waals surface area contributed by atoms with Crippen molar-refractivity contribution >= 4 is 48.9 Å². The van der Waals surface area contributed by atoms with Crippen LogP contribution in [0.25, 0.3) is 48.9 Å². The molecule has 0 aliphatic carbocycles. The fourth-order valence-corrected chi connectivity index (χ4v) is 4.08. The van der Waals surface area contributed by atoms with Gasteiger partial charge in [-0.25, -0.2) is 4.98 Å². The van der Waals surface area contributed by atoms with Crippen molar-refractivity contribution in [3.63, 3.8) is 0 Å². The quantitative estimate of drug-likeness (QED) is 0.250. The predicted octanol–water partition coefficient (Wildman–Crippen LogP) is 5.95. The average Bonchev–Trinajstić information content (AvgIpc) is 3.16. The smallest absolute Gasteiger partial charge is 0.144 e. The lowest BCUT2D eigenvalue weighted by atomic mass is 9.97. The largest absolute Gasteiger partial charge is 0.301 e. The number of rotatable bonds is 0. The molecule has 2 nitrogen and oxygen atoms in total. The molecule has 3 aromatic heterocycles. The van der Waals surface area contributed by atoms with Gasteiger partial charge in [-0.2, -0.15) is 0 Å². The van der Waals surface area contributed by atoms with Crippen molar-refractivity contribution in [1.82, 2.24) is 9.38 Å². The minimum absolute atomic E-state index is 1.01. The van der Waals surface area contributed by atoms with E-state index in [1.165, 1.54) is 43.2 Å². The van der Waals surface area contributed by atoms with Gasteiger partial charge in [-0.1, -0.05) is 36.4 Å². The van der Waals surface area contributed by atoms with Gasteiger partial charge in [-0.15, -0.1) is 0 Å². The molecule has 0 unspecified atom stereocenters. The average molecular weight is 318 g/mol. The molecule has 0 aliphatic heterocycles.